The van der Waals surface area contributed by atoms with Crippen LogP contribution in [0.3, 0.4) is 0 Å². The molecule has 0 bridgehead atoms. The zero-order valence-electron chi connectivity index (χ0n) is 15.5. The van der Waals surface area contributed by atoms with Crippen molar-refractivity contribution in [1.82, 2.24) is 9.47 Å². The summed E-state index contributed by atoms with van der Waals surface area (Å²) < 4.78 is 21.1. The summed E-state index contributed by atoms with van der Waals surface area (Å²) in [6.07, 6.45) is 5.30. The van der Waals surface area contributed by atoms with Gasteiger partial charge in [-0.15, -0.1) is 0 Å². The number of fused-ring (bicyclic) bond motifs is 4. The summed E-state index contributed by atoms with van der Waals surface area (Å²) >= 11 is 5.83. The van der Waals surface area contributed by atoms with Crippen LogP contribution in [0.15, 0.2) is 35.1 Å². The molecule has 0 saturated heterocycles. The Morgan fingerprint density at radius 3 is 2.83 bits per heavy atom. The van der Waals surface area contributed by atoms with Gasteiger partial charge in [0.15, 0.2) is 11.4 Å². The number of aromatic hydroxyl groups is 1. The largest absolute Gasteiger partial charge is 0.503 e. The van der Waals surface area contributed by atoms with E-state index in [0.29, 0.717) is 36.3 Å². The van der Waals surface area contributed by atoms with Gasteiger partial charge in [-0.1, -0.05) is 29.8 Å². The Labute approximate surface area is 170 Å². The number of aromatic nitrogens is 1. The summed E-state index contributed by atoms with van der Waals surface area (Å²) in [6.45, 7) is 1.24. The number of halogens is 2. The second-order valence-corrected chi connectivity index (χ2v) is 8.00. The standard InChI is InChI=1S/C21H18ClFN2O4/c22-13-9-12(3-4-14(13)23)10-24-7-8-25-15-11-29-21(5-1-2-6-21)16(15)18(26)19(27)17(25)20(24)28/h1,3-5,9,27H,2,6-8,10-11H2. The van der Waals surface area contributed by atoms with Crippen molar-refractivity contribution in [1.29, 1.82) is 0 Å². The zero-order valence-corrected chi connectivity index (χ0v) is 16.2. The SMILES string of the molecule is O=C1c2c(O)c(=O)c3c(n2CCN1Cc1ccc(F)c(Cl)c1)COC31C=CCC1. The minimum atomic E-state index is -0.795. The Hall–Kier alpha value is -2.64. The third kappa shape index (κ3) is 2.64. The quantitative estimate of drug-likeness (QED) is 0.764. The molecule has 6 nitrogen and oxygen atoms in total. The molecule has 1 unspecified atom stereocenters. The molecule has 29 heavy (non-hydrogen) atoms. The molecule has 3 aliphatic rings. The summed E-state index contributed by atoms with van der Waals surface area (Å²) in [4.78, 5) is 27.6. The maximum atomic E-state index is 13.4. The molecule has 1 aromatic carbocycles. The Morgan fingerprint density at radius 1 is 1.28 bits per heavy atom. The maximum Gasteiger partial charge on any atom is 0.274 e. The number of ether oxygens (including phenoxy) is 1. The van der Waals surface area contributed by atoms with Crippen LogP contribution >= 0.6 is 11.6 Å². The molecule has 2 aromatic rings. The third-order valence-corrected chi connectivity index (χ3v) is 6.24. The van der Waals surface area contributed by atoms with Crippen molar-refractivity contribution in [3.05, 3.63) is 73.9 Å². The second-order valence-electron chi connectivity index (χ2n) is 7.59. The van der Waals surface area contributed by atoms with Crippen molar-refractivity contribution in [3.63, 3.8) is 0 Å². The van der Waals surface area contributed by atoms with Gasteiger partial charge in [0.05, 0.1) is 22.9 Å². The van der Waals surface area contributed by atoms with Crippen LogP contribution in [0, 0.1) is 5.82 Å². The van der Waals surface area contributed by atoms with Gasteiger partial charge in [-0.05, 0) is 30.5 Å². The molecule has 150 valence electrons. The van der Waals surface area contributed by atoms with E-state index in [1.807, 2.05) is 12.2 Å². The molecule has 1 aliphatic carbocycles. The number of nitrogens with zero attached hydrogens (tertiary/aromatic N) is 2. The molecular weight excluding hydrogens is 399 g/mol. The number of hydrogen-bond donors (Lipinski definition) is 1. The van der Waals surface area contributed by atoms with E-state index in [9.17, 15) is 19.1 Å². The lowest BCUT2D eigenvalue weighted by atomic mass is 9.92. The minimum Gasteiger partial charge on any atom is -0.503 e. The van der Waals surface area contributed by atoms with Gasteiger partial charge in [0.25, 0.3) is 5.91 Å². The van der Waals surface area contributed by atoms with E-state index in [2.05, 4.69) is 0 Å². The van der Waals surface area contributed by atoms with E-state index < -0.39 is 28.5 Å². The average Bonchev–Trinajstić information content (AvgIpc) is 3.32. The average molecular weight is 417 g/mol. The predicted molar refractivity (Wildman–Crippen MR) is 103 cm³/mol. The lowest BCUT2D eigenvalue weighted by Gasteiger charge is -2.32. The van der Waals surface area contributed by atoms with Crippen LogP contribution in [-0.2, 0) is 30.0 Å². The Balaban J connectivity index is 1.55. The lowest BCUT2D eigenvalue weighted by Crippen LogP contribution is -2.43. The number of allylic oxidation sites excluding steroid dienone is 1. The fourth-order valence-electron chi connectivity index (χ4n) is 4.54. The van der Waals surface area contributed by atoms with E-state index in [0.717, 1.165) is 6.42 Å². The van der Waals surface area contributed by atoms with E-state index >= 15 is 0 Å². The fraction of sp³-hybridized carbons (Fsp3) is 0.333. The third-order valence-electron chi connectivity index (χ3n) is 5.95. The first-order valence-electron chi connectivity index (χ1n) is 9.45. The molecule has 0 radical (unpaired) electrons. The van der Waals surface area contributed by atoms with Crippen molar-refractivity contribution in [2.75, 3.05) is 6.54 Å². The lowest BCUT2D eigenvalue weighted by molar-refractivity contribution is -0.000437. The number of rotatable bonds is 2. The molecule has 1 N–H and O–H groups in total. The number of hydrogen-bond acceptors (Lipinski definition) is 4. The molecule has 1 spiro atoms. The number of benzene rings is 1. The molecule has 1 amide bonds. The van der Waals surface area contributed by atoms with Gasteiger partial charge < -0.3 is 19.3 Å². The molecule has 2 aliphatic heterocycles. The molecule has 0 saturated carbocycles. The monoisotopic (exact) mass is 416 g/mol. The van der Waals surface area contributed by atoms with Crippen LogP contribution < -0.4 is 5.43 Å². The van der Waals surface area contributed by atoms with Gasteiger partial charge in [0, 0.05) is 19.6 Å². The van der Waals surface area contributed by atoms with Crippen LogP contribution in [0.2, 0.25) is 5.02 Å². The van der Waals surface area contributed by atoms with Crippen molar-refractivity contribution < 1.29 is 19.0 Å². The molecule has 0 fully saturated rings. The van der Waals surface area contributed by atoms with E-state index in [4.69, 9.17) is 16.3 Å². The van der Waals surface area contributed by atoms with Gasteiger partial charge in [-0.25, -0.2) is 4.39 Å². The fourth-order valence-corrected chi connectivity index (χ4v) is 4.74. The highest BCUT2D eigenvalue weighted by Gasteiger charge is 2.46. The minimum absolute atomic E-state index is 0.0173. The van der Waals surface area contributed by atoms with E-state index in [1.165, 1.54) is 17.0 Å². The van der Waals surface area contributed by atoms with Crippen LogP contribution in [-0.4, -0.2) is 27.0 Å². The van der Waals surface area contributed by atoms with Crippen molar-refractivity contribution in [3.8, 4) is 5.75 Å². The molecule has 3 heterocycles. The van der Waals surface area contributed by atoms with E-state index in [-0.39, 0.29) is 23.9 Å². The summed E-state index contributed by atoms with van der Waals surface area (Å²) in [5, 5.41) is 10.6. The first-order valence-corrected chi connectivity index (χ1v) is 9.83. The molecule has 5 rings (SSSR count). The van der Waals surface area contributed by atoms with Gasteiger partial charge >= 0.3 is 0 Å². The number of amides is 1. The number of carbonyl (C=O) groups is 1. The first-order chi connectivity index (χ1) is 13.9. The van der Waals surface area contributed by atoms with Crippen LogP contribution in [0.4, 0.5) is 4.39 Å². The summed E-state index contributed by atoms with van der Waals surface area (Å²) in [6, 6.07) is 4.28. The zero-order chi connectivity index (χ0) is 20.3. The number of carbonyl (C=O) groups excluding carboxylic acids is 1. The first kappa shape index (κ1) is 18.4. The van der Waals surface area contributed by atoms with Crippen molar-refractivity contribution in [2.24, 2.45) is 0 Å². The summed E-state index contributed by atoms with van der Waals surface area (Å²) in [7, 11) is 0. The molecule has 1 aromatic heterocycles. The maximum absolute atomic E-state index is 13.4. The highest BCUT2D eigenvalue weighted by Crippen LogP contribution is 2.44. The number of pyridine rings is 1. The predicted octanol–water partition coefficient (Wildman–Crippen LogP) is 3.08. The van der Waals surface area contributed by atoms with E-state index in [1.54, 1.807) is 10.6 Å². The molecular formula is C21H18ClFN2O4. The summed E-state index contributed by atoms with van der Waals surface area (Å²) in [5.41, 5.74) is 0.411. The van der Waals surface area contributed by atoms with Crippen LogP contribution in [0.25, 0.3) is 0 Å². The topological polar surface area (TPSA) is 71.8 Å². The van der Waals surface area contributed by atoms with Crippen molar-refractivity contribution in [2.45, 2.75) is 38.1 Å². The van der Waals surface area contributed by atoms with Crippen LogP contribution in [0.5, 0.6) is 5.75 Å². The van der Waals surface area contributed by atoms with Gasteiger partial charge in [0.1, 0.15) is 11.4 Å². The Kier molecular flexibility index (Phi) is 4.08. The molecule has 8 heteroatoms. The Morgan fingerprint density at radius 2 is 2.10 bits per heavy atom. The highest BCUT2D eigenvalue weighted by atomic mass is 35.5. The second kappa shape index (κ2) is 6.43. The van der Waals surface area contributed by atoms with Crippen molar-refractivity contribution >= 4 is 17.5 Å². The summed E-state index contributed by atoms with van der Waals surface area (Å²) in [5.74, 6) is -1.52. The Bertz CT molecular complexity index is 1140. The van der Waals surface area contributed by atoms with Gasteiger partial charge in [-0.3, -0.25) is 9.59 Å². The normalized spacial score (nSPS) is 22.4. The van der Waals surface area contributed by atoms with Gasteiger partial charge in [0.2, 0.25) is 5.43 Å². The smallest absolute Gasteiger partial charge is 0.274 e. The van der Waals surface area contributed by atoms with Gasteiger partial charge in [-0.2, -0.15) is 0 Å². The van der Waals surface area contributed by atoms with Crippen LogP contribution in [0.1, 0.15) is 40.2 Å². The highest BCUT2D eigenvalue weighted by molar-refractivity contribution is 6.30. The molecule has 1 atom stereocenters.